The lowest BCUT2D eigenvalue weighted by atomic mass is 10.1. The van der Waals surface area contributed by atoms with Crippen molar-refractivity contribution in [3.8, 4) is 0 Å². The van der Waals surface area contributed by atoms with E-state index >= 15 is 0 Å². The van der Waals surface area contributed by atoms with Gasteiger partial charge in [0.1, 0.15) is 0 Å². The lowest BCUT2D eigenvalue weighted by Crippen LogP contribution is -1.92. The van der Waals surface area contributed by atoms with E-state index in [1.54, 1.807) is 6.92 Å². The Hall–Kier alpha value is -1.37. The molecule has 0 saturated heterocycles. The minimum atomic E-state index is 0.612. The molecule has 1 aromatic carbocycles. The molecule has 1 rings (SSSR count). The van der Waals surface area contributed by atoms with Crippen LogP contribution in [0.2, 0.25) is 0 Å². The van der Waals surface area contributed by atoms with Crippen molar-refractivity contribution in [1.82, 2.24) is 0 Å². The summed E-state index contributed by atoms with van der Waals surface area (Å²) in [6.07, 6.45) is 2.75. The Balaban J connectivity index is 2.95. The number of hydrogen-bond acceptors (Lipinski definition) is 1. The van der Waals surface area contributed by atoms with E-state index in [2.05, 4.69) is 6.58 Å². The Morgan fingerprint density at radius 2 is 2.33 bits per heavy atom. The maximum atomic E-state index is 7.44. The van der Waals surface area contributed by atoms with Crippen molar-refractivity contribution in [3.63, 3.8) is 0 Å². The molecule has 0 unspecified atom stereocenters. The molecule has 1 aromatic rings. The van der Waals surface area contributed by atoms with Crippen molar-refractivity contribution in [3.05, 3.63) is 48.0 Å². The highest BCUT2D eigenvalue weighted by Gasteiger charge is 1.95. The Bertz CT molecular complexity index is 300. The fraction of sp³-hybridized carbons (Fsp3) is 0.182. The van der Waals surface area contributed by atoms with Gasteiger partial charge in [-0.25, -0.2) is 0 Å². The van der Waals surface area contributed by atoms with Crippen LogP contribution in [0.1, 0.15) is 18.1 Å². The fourth-order valence-electron chi connectivity index (χ4n) is 1.10. The molecule has 0 aliphatic carbocycles. The molecule has 0 spiro atoms. The average Bonchev–Trinajstić information content (AvgIpc) is 2.05. The quantitative estimate of drug-likeness (QED) is 0.518. The van der Waals surface area contributed by atoms with Crippen LogP contribution in [0, 0.1) is 5.41 Å². The molecule has 0 aromatic heterocycles. The maximum absolute atomic E-state index is 7.44. The highest BCUT2D eigenvalue weighted by molar-refractivity contribution is 5.96. The van der Waals surface area contributed by atoms with Gasteiger partial charge in [-0.1, -0.05) is 24.3 Å². The van der Waals surface area contributed by atoms with Crippen LogP contribution >= 0.6 is 0 Å². The minimum Gasteiger partial charge on any atom is -0.305 e. The van der Waals surface area contributed by atoms with E-state index < -0.39 is 0 Å². The predicted octanol–water partition coefficient (Wildman–Crippen LogP) is 2.80. The van der Waals surface area contributed by atoms with Crippen LogP contribution in [-0.2, 0) is 6.42 Å². The summed E-state index contributed by atoms with van der Waals surface area (Å²) in [5.74, 6) is 0. The van der Waals surface area contributed by atoms with Crippen LogP contribution < -0.4 is 0 Å². The first kappa shape index (κ1) is 8.72. The third-order valence-electron chi connectivity index (χ3n) is 1.74. The van der Waals surface area contributed by atoms with Crippen LogP contribution in [0.4, 0.5) is 0 Å². The largest absolute Gasteiger partial charge is 0.305 e. The smallest absolute Gasteiger partial charge is 0.0355 e. The molecule has 0 amide bonds. The van der Waals surface area contributed by atoms with Gasteiger partial charge in [-0.3, -0.25) is 0 Å². The van der Waals surface area contributed by atoms with E-state index in [0.717, 1.165) is 12.0 Å². The second-order valence-corrected chi connectivity index (χ2v) is 2.82. The van der Waals surface area contributed by atoms with E-state index in [1.807, 2.05) is 30.3 Å². The topological polar surface area (TPSA) is 23.9 Å². The van der Waals surface area contributed by atoms with E-state index in [9.17, 15) is 0 Å². The molecule has 0 aliphatic rings. The summed E-state index contributed by atoms with van der Waals surface area (Å²) in [6, 6.07) is 8.01. The van der Waals surface area contributed by atoms with E-state index in [4.69, 9.17) is 5.41 Å². The molecule has 0 aliphatic heterocycles. The van der Waals surface area contributed by atoms with Gasteiger partial charge in [0.25, 0.3) is 0 Å². The summed E-state index contributed by atoms with van der Waals surface area (Å²) < 4.78 is 0. The van der Waals surface area contributed by atoms with Crippen molar-refractivity contribution < 1.29 is 0 Å². The SMILES string of the molecule is C=CCc1cccc(C(C)=N)c1. The summed E-state index contributed by atoms with van der Waals surface area (Å²) in [5, 5.41) is 7.44. The Morgan fingerprint density at radius 3 is 2.92 bits per heavy atom. The van der Waals surface area contributed by atoms with Crippen LogP contribution in [0.25, 0.3) is 0 Å². The van der Waals surface area contributed by atoms with Gasteiger partial charge in [0, 0.05) is 5.71 Å². The first-order valence-electron chi connectivity index (χ1n) is 3.99. The fourth-order valence-corrected chi connectivity index (χ4v) is 1.10. The second-order valence-electron chi connectivity index (χ2n) is 2.82. The van der Waals surface area contributed by atoms with Gasteiger partial charge >= 0.3 is 0 Å². The van der Waals surface area contributed by atoms with E-state index in [0.29, 0.717) is 5.71 Å². The highest BCUT2D eigenvalue weighted by Crippen LogP contribution is 2.06. The summed E-state index contributed by atoms with van der Waals surface area (Å²) in [6.45, 7) is 5.48. The zero-order chi connectivity index (χ0) is 8.97. The Labute approximate surface area is 73.3 Å². The maximum Gasteiger partial charge on any atom is 0.0355 e. The van der Waals surface area contributed by atoms with Crippen molar-refractivity contribution in [2.45, 2.75) is 13.3 Å². The number of benzene rings is 1. The third kappa shape index (κ3) is 2.06. The van der Waals surface area contributed by atoms with Crippen molar-refractivity contribution in [1.29, 1.82) is 5.41 Å². The van der Waals surface area contributed by atoms with Crippen molar-refractivity contribution >= 4 is 5.71 Å². The Morgan fingerprint density at radius 1 is 1.58 bits per heavy atom. The van der Waals surface area contributed by atoms with E-state index in [1.165, 1.54) is 5.56 Å². The molecule has 1 heteroatoms. The van der Waals surface area contributed by atoms with Gasteiger partial charge in [-0.05, 0) is 30.5 Å². The van der Waals surface area contributed by atoms with Gasteiger partial charge in [-0.15, -0.1) is 6.58 Å². The molecule has 1 N–H and O–H groups in total. The summed E-state index contributed by atoms with van der Waals surface area (Å²) in [4.78, 5) is 0. The Kier molecular flexibility index (Phi) is 2.81. The van der Waals surface area contributed by atoms with Crippen LogP contribution in [0.15, 0.2) is 36.9 Å². The van der Waals surface area contributed by atoms with Crippen molar-refractivity contribution in [2.75, 3.05) is 0 Å². The molecular weight excluding hydrogens is 146 g/mol. The molecule has 0 radical (unpaired) electrons. The standard InChI is InChI=1S/C11H13N/c1-3-5-10-6-4-7-11(8-10)9(2)12/h3-4,6-8,12H,1,5H2,2H3. The number of allylic oxidation sites excluding steroid dienone is 1. The zero-order valence-electron chi connectivity index (χ0n) is 7.30. The number of rotatable bonds is 3. The molecule has 0 fully saturated rings. The van der Waals surface area contributed by atoms with Gasteiger partial charge < -0.3 is 5.41 Å². The molecule has 62 valence electrons. The molecular formula is C11H13N. The number of hydrogen-bond donors (Lipinski definition) is 1. The van der Waals surface area contributed by atoms with Crippen molar-refractivity contribution in [2.24, 2.45) is 0 Å². The molecule has 1 nitrogen and oxygen atoms in total. The molecule has 12 heavy (non-hydrogen) atoms. The molecule has 0 heterocycles. The average molecular weight is 159 g/mol. The van der Waals surface area contributed by atoms with Crippen LogP contribution in [0.3, 0.4) is 0 Å². The van der Waals surface area contributed by atoms with Gasteiger partial charge in [0.05, 0.1) is 0 Å². The first-order chi connectivity index (χ1) is 5.74. The molecule has 0 atom stereocenters. The van der Waals surface area contributed by atoms with Gasteiger partial charge in [-0.2, -0.15) is 0 Å². The summed E-state index contributed by atoms with van der Waals surface area (Å²) in [7, 11) is 0. The van der Waals surface area contributed by atoms with Gasteiger partial charge in [0.2, 0.25) is 0 Å². The minimum absolute atomic E-state index is 0.612. The highest BCUT2D eigenvalue weighted by atomic mass is 14.4. The van der Waals surface area contributed by atoms with Gasteiger partial charge in [0.15, 0.2) is 0 Å². The van der Waals surface area contributed by atoms with Crippen LogP contribution in [-0.4, -0.2) is 5.71 Å². The van der Waals surface area contributed by atoms with E-state index in [-0.39, 0.29) is 0 Å². The summed E-state index contributed by atoms with van der Waals surface area (Å²) >= 11 is 0. The first-order valence-corrected chi connectivity index (χ1v) is 3.99. The molecule has 0 saturated carbocycles. The monoisotopic (exact) mass is 159 g/mol. The number of nitrogens with one attached hydrogen (secondary N) is 1. The predicted molar refractivity (Wildman–Crippen MR) is 52.8 cm³/mol. The van der Waals surface area contributed by atoms with Crippen LogP contribution in [0.5, 0.6) is 0 Å². The second kappa shape index (κ2) is 3.86. The molecule has 0 bridgehead atoms. The lowest BCUT2D eigenvalue weighted by Gasteiger charge is -2.00. The third-order valence-corrected chi connectivity index (χ3v) is 1.74. The zero-order valence-corrected chi connectivity index (χ0v) is 7.30. The lowest BCUT2D eigenvalue weighted by molar-refractivity contribution is 1.27. The summed E-state index contributed by atoms with van der Waals surface area (Å²) in [5.41, 5.74) is 2.82. The normalized spacial score (nSPS) is 9.42.